The average molecular weight is 534 g/mol. The molecule has 0 fully saturated rings. The summed E-state index contributed by atoms with van der Waals surface area (Å²) >= 11 is 0. The predicted molar refractivity (Wildman–Crippen MR) is 138 cm³/mol. The maximum atomic E-state index is 15.1. The fourth-order valence-electron chi connectivity index (χ4n) is 4.24. The zero-order valence-electron chi connectivity index (χ0n) is 20.5. The van der Waals surface area contributed by atoms with Gasteiger partial charge in [-0.1, -0.05) is 66.2 Å². The molecule has 0 saturated carbocycles. The predicted octanol–water partition coefficient (Wildman–Crippen LogP) is 9.68. The molecule has 5 aromatic carbocycles. The van der Waals surface area contributed by atoms with Crippen molar-refractivity contribution < 1.29 is 31.1 Å². The van der Waals surface area contributed by atoms with Gasteiger partial charge in [-0.3, -0.25) is 0 Å². The number of aryl methyl sites for hydroxylation is 1. The molecule has 0 amide bonds. The van der Waals surface area contributed by atoms with Crippen LogP contribution in [0.4, 0.5) is 26.3 Å². The molecule has 0 aromatic heterocycles. The summed E-state index contributed by atoms with van der Waals surface area (Å²) in [6.45, 7) is 2.00. The fraction of sp³-hybridized carbons (Fsp3) is 0.0625. The molecule has 5 rings (SSSR count). The van der Waals surface area contributed by atoms with Crippen LogP contribution in [-0.2, 0) is 6.11 Å². The van der Waals surface area contributed by atoms with Gasteiger partial charge in [-0.15, -0.1) is 0 Å². The number of halogens is 6. The third-order valence-corrected chi connectivity index (χ3v) is 6.28. The number of rotatable bonds is 6. The first kappa shape index (κ1) is 26.1. The first-order valence-electron chi connectivity index (χ1n) is 11.9. The van der Waals surface area contributed by atoms with E-state index in [9.17, 15) is 22.0 Å². The molecular formula is C32H20F6O. The van der Waals surface area contributed by atoms with Gasteiger partial charge in [0, 0.05) is 5.56 Å². The van der Waals surface area contributed by atoms with Crippen LogP contribution in [0.15, 0.2) is 103 Å². The Morgan fingerprint density at radius 1 is 0.513 bits per heavy atom. The molecule has 0 aliphatic carbocycles. The molecule has 0 aliphatic heterocycles. The van der Waals surface area contributed by atoms with Crippen LogP contribution in [0.3, 0.4) is 0 Å². The van der Waals surface area contributed by atoms with Gasteiger partial charge in [0.05, 0.1) is 0 Å². The first-order valence-corrected chi connectivity index (χ1v) is 11.9. The Kier molecular flexibility index (Phi) is 6.91. The van der Waals surface area contributed by atoms with E-state index in [0.717, 1.165) is 46.5 Å². The minimum absolute atomic E-state index is 0.165. The van der Waals surface area contributed by atoms with Crippen LogP contribution in [0, 0.1) is 30.2 Å². The molecule has 0 heterocycles. The van der Waals surface area contributed by atoms with Gasteiger partial charge in [0.15, 0.2) is 0 Å². The summed E-state index contributed by atoms with van der Waals surface area (Å²) in [4.78, 5) is 0. The van der Waals surface area contributed by atoms with E-state index in [1.165, 1.54) is 12.1 Å². The van der Waals surface area contributed by atoms with Gasteiger partial charge < -0.3 is 4.74 Å². The zero-order chi connectivity index (χ0) is 27.7. The molecular weight excluding hydrogens is 514 g/mol. The maximum absolute atomic E-state index is 15.1. The summed E-state index contributed by atoms with van der Waals surface area (Å²) in [7, 11) is 0. The second kappa shape index (κ2) is 10.3. The van der Waals surface area contributed by atoms with Gasteiger partial charge in [-0.2, -0.15) is 8.78 Å². The average Bonchev–Trinajstić information content (AvgIpc) is 2.90. The minimum atomic E-state index is -4.41. The van der Waals surface area contributed by atoms with Crippen molar-refractivity contribution in [3.05, 3.63) is 138 Å². The van der Waals surface area contributed by atoms with E-state index in [-0.39, 0.29) is 11.1 Å². The molecule has 0 spiro atoms. The monoisotopic (exact) mass is 534 g/mol. The van der Waals surface area contributed by atoms with E-state index >= 15 is 4.39 Å². The molecule has 0 unspecified atom stereocenters. The van der Waals surface area contributed by atoms with E-state index in [2.05, 4.69) is 4.74 Å². The van der Waals surface area contributed by atoms with Crippen molar-refractivity contribution >= 4 is 0 Å². The molecule has 0 bridgehead atoms. The SMILES string of the molecule is Cc1ccc(-c2ccc(-c3ccc(-c4cc(F)c(C(F)(F)Oc5ccc(F)cc5)c(F)c4)c(F)c3)cc2)cc1. The molecule has 39 heavy (non-hydrogen) atoms. The third-order valence-electron chi connectivity index (χ3n) is 6.28. The summed E-state index contributed by atoms with van der Waals surface area (Å²) in [5.74, 6) is -5.20. The van der Waals surface area contributed by atoms with Gasteiger partial charge in [-0.05, 0) is 77.2 Å². The van der Waals surface area contributed by atoms with Crippen molar-refractivity contribution in [1.82, 2.24) is 0 Å². The summed E-state index contributed by atoms with van der Waals surface area (Å²) in [5, 5.41) is 0. The first-order chi connectivity index (χ1) is 18.6. The van der Waals surface area contributed by atoms with Gasteiger partial charge >= 0.3 is 6.11 Å². The number of hydrogen-bond donors (Lipinski definition) is 0. The van der Waals surface area contributed by atoms with Crippen LogP contribution in [0.2, 0.25) is 0 Å². The second-order valence-electron chi connectivity index (χ2n) is 9.03. The Bertz CT molecular complexity index is 1600. The van der Waals surface area contributed by atoms with E-state index in [1.807, 2.05) is 55.5 Å². The lowest BCUT2D eigenvalue weighted by molar-refractivity contribution is -0.189. The fourth-order valence-corrected chi connectivity index (χ4v) is 4.24. The van der Waals surface area contributed by atoms with Crippen molar-refractivity contribution in [2.45, 2.75) is 13.0 Å². The Labute approximate surface area is 220 Å². The van der Waals surface area contributed by atoms with Crippen LogP contribution >= 0.6 is 0 Å². The molecule has 7 heteroatoms. The maximum Gasteiger partial charge on any atom is 0.432 e. The highest BCUT2D eigenvalue weighted by Crippen LogP contribution is 2.38. The Balaban J connectivity index is 1.40. The molecule has 0 aliphatic rings. The standard InChI is InChI=1S/C32H20F6O/c1-19-2-4-20(5-3-19)21-6-8-22(9-7-21)23-10-15-27(28(34)16-23)24-17-29(35)31(30(36)18-24)32(37,38)39-26-13-11-25(33)12-14-26/h2-18H,1H3. The van der Waals surface area contributed by atoms with Gasteiger partial charge in [-0.25, -0.2) is 17.6 Å². The Morgan fingerprint density at radius 2 is 0.974 bits per heavy atom. The van der Waals surface area contributed by atoms with Gasteiger partial charge in [0.2, 0.25) is 0 Å². The van der Waals surface area contributed by atoms with Crippen LogP contribution < -0.4 is 4.74 Å². The summed E-state index contributed by atoms with van der Waals surface area (Å²) in [6, 6.07) is 24.4. The topological polar surface area (TPSA) is 9.23 Å². The summed E-state index contributed by atoms with van der Waals surface area (Å²) in [6.07, 6.45) is -4.41. The van der Waals surface area contributed by atoms with Crippen LogP contribution in [0.1, 0.15) is 11.1 Å². The Morgan fingerprint density at radius 3 is 1.51 bits per heavy atom. The molecule has 0 radical (unpaired) electrons. The third kappa shape index (κ3) is 5.53. The number of benzene rings is 5. The lowest BCUT2D eigenvalue weighted by atomic mass is 9.96. The van der Waals surface area contributed by atoms with E-state index in [4.69, 9.17) is 0 Å². The van der Waals surface area contributed by atoms with Crippen LogP contribution in [-0.4, -0.2) is 0 Å². The van der Waals surface area contributed by atoms with Crippen molar-refractivity contribution in [3.8, 4) is 39.1 Å². The van der Waals surface area contributed by atoms with E-state index in [0.29, 0.717) is 17.7 Å². The van der Waals surface area contributed by atoms with Crippen molar-refractivity contribution in [3.63, 3.8) is 0 Å². The van der Waals surface area contributed by atoms with E-state index in [1.54, 1.807) is 6.07 Å². The molecule has 1 nitrogen and oxygen atoms in total. The Hall–Kier alpha value is -4.52. The normalized spacial score (nSPS) is 11.5. The smallest absolute Gasteiger partial charge is 0.429 e. The highest BCUT2D eigenvalue weighted by Gasteiger charge is 2.41. The van der Waals surface area contributed by atoms with Crippen LogP contribution in [0.25, 0.3) is 33.4 Å². The van der Waals surface area contributed by atoms with Crippen molar-refractivity contribution in [2.24, 2.45) is 0 Å². The highest BCUT2D eigenvalue weighted by atomic mass is 19.3. The molecule has 0 saturated heterocycles. The largest absolute Gasteiger partial charge is 0.432 e. The van der Waals surface area contributed by atoms with Crippen molar-refractivity contribution in [1.29, 1.82) is 0 Å². The molecule has 5 aromatic rings. The summed E-state index contributed by atoms with van der Waals surface area (Å²) < 4.78 is 91.2. The summed E-state index contributed by atoms with van der Waals surface area (Å²) in [5.41, 5.74) is 2.36. The minimum Gasteiger partial charge on any atom is -0.429 e. The van der Waals surface area contributed by atoms with Crippen LogP contribution in [0.5, 0.6) is 5.75 Å². The highest BCUT2D eigenvalue weighted by molar-refractivity contribution is 5.74. The number of ether oxygens (including phenoxy) is 1. The number of alkyl halides is 2. The zero-order valence-corrected chi connectivity index (χ0v) is 20.5. The second-order valence-corrected chi connectivity index (χ2v) is 9.03. The van der Waals surface area contributed by atoms with Gasteiger partial charge in [0.1, 0.15) is 34.6 Å². The molecule has 196 valence electrons. The molecule has 0 atom stereocenters. The van der Waals surface area contributed by atoms with Crippen molar-refractivity contribution in [2.75, 3.05) is 0 Å². The lowest BCUT2D eigenvalue weighted by Crippen LogP contribution is -2.25. The molecule has 0 N–H and O–H groups in total. The lowest BCUT2D eigenvalue weighted by Gasteiger charge is -2.20. The number of hydrogen-bond acceptors (Lipinski definition) is 1. The van der Waals surface area contributed by atoms with E-state index < -0.39 is 40.7 Å². The van der Waals surface area contributed by atoms with Gasteiger partial charge in [0.25, 0.3) is 0 Å². The quantitative estimate of drug-likeness (QED) is 0.197.